The van der Waals surface area contributed by atoms with Gasteiger partial charge in [0.1, 0.15) is 13.5 Å². The minimum absolute atomic E-state index is 0.0417. The number of carbonyl (C=O) groups excluding carboxylic acids is 1. The van der Waals surface area contributed by atoms with Crippen molar-refractivity contribution in [3.8, 4) is 0 Å². The topological polar surface area (TPSA) is 75.2 Å². The molecule has 1 atom stereocenters. The minimum atomic E-state index is 0.0417. The smallest absolute Gasteiger partial charge is 0.208 e. The van der Waals surface area contributed by atoms with Crippen LogP contribution in [0.3, 0.4) is 0 Å². The van der Waals surface area contributed by atoms with Gasteiger partial charge in [-0.3, -0.25) is 4.79 Å². The Balaban J connectivity index is 0.000000606. The number of benzene rings is 1. The monoisotopic (exact) mass is 533 g/mol. The third-order valence-electron chi connectivity index (χ3n) is 4.55. The van der Waals surface area contributed by atoms with E-state index in [4.69, 9.17) is 14.2 Å². The molecular weight excluding hydrogens is 490 g/mol. The van der Waals surface area contributed by atoms with Crippen LogP contribution in [-0.2, 0) is 34.9 Å². The van der Waals surface area contributed by atoms with Gasteiger partial charge in [-0.2, -0.15) is 0 Å². The summed E-state index contributed by atoms with van der Waals surface area (Å²) in [6.45, 7) is 8.18. The molecular formula is C25H44BrNO6. The maximum atomic E-state index is 9.54. The summed E-state index contributed by atoms with van der Waals surface area (Å²) in [5.74, 6) is 0. The maximum Gasteiger partial charge on any atom is 0.208 e. The average Bonchev–Trinajstić information content (AvgIpc) is 2.81. The molecule has 192 valence electrons. The number of ether oxygens (including phenoxy) is 5. The van der Waals surface area contributed by atoms with Crippen molar-refractivity contribution in [1.82, 2.24) is 5.32 Å². The normalized spacial score (nSPS) is 15.5. The molecule has 1 aromatic rings. The Morgan fingerprint density at radius 2 is 1.82 bits per heavy atom. The quantitative estimate of drug-likeness (QED) is 0.219. The van der Waals surface area contributed by atoms with Crippen LogP contribution in [-0.4, -0.2) is 59.3 Å². The first-order chi connectivity index (χ1) is 15.8. The number of rotatable bonds is 12. The van der Waals surface area contributed by atoms with Crippen LogP contribution in [0.15, 0.2) is 28.7 Å². The van der Waals surface area contributed by atoms with Crippen LogP contribution >= 0.6 is 15.9 Å². The summed E-state index contributed by atoms with van der Waals surface area (Å²) in [7, 11) is 3.22. The lowest BCUT2D eigenvalue weighted by Crippen LogP contribution is -2.22. The van der Waals surface area contributed by atoms with E-state index in [1.807, 2.05) is 20.8 Å². The number of hydrogen-bond acceptors (Lipinski definition) is 6. The Labute approximate surface area is 209 Å². The molecule has 8 heteroatoms. The zero-order valence-corrected chi connectivity index (χ0v) is 22.7. The zero-order chi connectivity index (χ0) is 24.8. The molecule has 0 saturated carbocycles. The number of halogens is 1. The lowest BCUT2D eigenvalue weighted by Gasteiger charge is -2.22. The fourth-order valence-electron chi connectivity index (χ4n) is 2.53. The lowest BCUT2D eigenvalue weighted by molar-refractivity contribution is -0.162. The highest BCUT2D eigenvalue weighted by atomic mass is 79.9. The van der Waals surface area contributed by atoms with Crippen molar-refractivity contribution >= 4 is 22.3 Å². The first kappa shape index (κ1) is 32.0. The molecule has 0 bridgehead atoms. The molecule has 1 aromatic carbocycles. The van der Waals surface area contributed by atoms with E-state index in [9.17, 15) is 4.79 Å². The van der Waals surface area contributed by atoms with Crippen molar-refractivity contribution < 1.29 is 28.5 Å². The fourth-order valence-corrected chi connectivity index (χ4v) is 2.80. The Hall–Kier alpha value is -1.03. The van der Waals surface area contributed by atoms with E-state index in [0.717, 1.165) is 36.9 Å². The maximum absolute atomic E-state index is 9.54. The summed E-state index contributed by atoms with van der Waals surface area (Å²) in [6, 6.07) is 8.60. The first-order valence-corrected chi connectivity index (χ1v) is 12.4. The molecule has 0 radical (unpaired) electrons. The van der Waals surface area contributed by atoms with Gasteiger partial charge in [0.05, 0.1) is 5.60 Å². The van der Waals surface area contributed by atoms with Gasteiger partial charge in [0, 0.05) is 31.9 Å². The van der Waals surface area contributed by atoms with Crippen LogP contribution in [0, 0.1) is 0 Å². The molecule has 1 amide bonds. The summed E-state index contributed by atoms with van der Waals surface area (Å²) >= 11 is 3.46. The van der Waals surface area contributed by atoms with E-state index in [-0.39, 0.29) is 25.4 Å². The second kappa shape index (κ2) is 21.5. The van der Waals surface area contributed by atoms with Gasteiger partial charge in [0.15, 0.2) is 6.29 Å². The molecule has 1 aliphatic rings. The molecule has 1 aliphatic heterocycles. The first-order valence-electron chi connectivity index (χ1n) is 11.6. The molecule has 7 nitrogen and oxygen atoms in total. The number of hydrogen-bond donors (Lipinski definition) is 1. The van der Waals surface area contributed by atoms with Crippen molar-refractivity contribution in [2.45, 2.75) is 77.6 Å². The molecule has 0 aliphatic carbocycles. The molecule has 1 fully saturated rings. The van der Waals surface area contributed by atoms with E-state index >= 15 is 0 Å². The van der Waals surface area contributed by atoms with Gasteiger partial charge in [0.25, 0.3) is 0 Å². The Morgan fingerprint density at radius 1 is 1.12 bits per heavy atom. The van der Waals surface area contributed by atoms with Crippen molar-refractivity contribution in [3.05, 3.63) is 34.3 Å². The third-order valence-corrected chi connectivity index (χ3v) is 5.08. The van der Waals surface area contributed by atoms with Crippen LogP contribution in [0.5, 0.6) is 0 Å². The largest absolute Gasteiger partial charge is 0.379 e. The molecule has 1 unspecified atom stereocenters. The summed E-state index contributed by atoms with van der Waals surface area (Å²) < 4.78 is 26.5. The van der Waals surface area contributed by atoms with E-state index in [1.165, 1.54) is 38.4 Å². The predicted octanol–water partition coefficient (Wildman–Crippen LogP) is 5.45. The van der Waals surface area contributed by atoms with Crippen molar-refractivity contribution in [3.63, 3.8) is 0 Å². The third kappa shape index (κ3) is 22.5. The summed E-state index contributed by atoms with van der Waals surface area (Å²) in [5.41, 5.74) is 1.46. The number of carbonyl (C=O) groups is 1. The second-order valence-electron chi connectivity index (χ2n) is 8.50. The van der Waals surface area contributed by atoms with E-state index < -0.39 is 0 Å². The number of nitrogens with one attached hydrogen (secondary N) is 1. The molecule has 1 heterocycles. The van der Waals surface area contributed by atoms with E-state index in [1.54, 1.807) is 7.11 Å². The van der Waals surface area contributed by atoms with Crippen molar-refractivity contribution in [1.29, 1.82) is 0 Å². The highest BCUT2D eigenvalue weighted by molar-refractivity contribution is 9.10. The number of aryl methyl sites for hydroxylation is 1. The summed E-state index contributed by atoms with van der Waals surface area (Å²) in [4.78, 5) is 9.54. The molecule has 0 spiro atoms. The van der Waals surface area contributed by atoms with E-state index in [0.29, 0.717) is 6.41 Å². The molecule has 0 aromatic heterocycles. The van der Waals surface area contributed by atoms with Crippen LogP contribution in [0.25, 0.3) is 0 Å². The predicted molar refractivity (Wildman–Crippen MR) is 135 cm³/mol. The van der Waals surface area contributed by atoms with Crippen molar-refractivity contribution in [2.24, 2.45) is 0 Å². The van der Waals surface area contributed by atoms with Gasteiger partial charge in [-0.1, -0.05) is 34.5 Å². The van der Waals surface area contributed by atoms with Gasteiger partial charge in [-0.05, 0) is 77.0 Å². The Bertz CT molecular complexity index is 559. The standard InChI is InChI=1S/C16H23BrO2.C5H12O.C4H9NO3/c17-15-10-8-14(9-11-15)6-2-1-4-12-18-16-7-3-5-13-19-16;1-5(2,3)6-4;1-7-4-8-3-5-2-6/h8-11,16H,1-7,12-13H2;1-4H3;2H,3-4H2,1H3,(H,5,6). The van der Waals surface area contributed by atoms with Crippen LogP contribution in [0.2, 0.25) is 0 Å². The van der Waals surface area contributed by atoms with Gasteiger partial charge in [-0.25, -0.2) is 0 Å². The van der Waals surface area contributed by atoms with Crippen LogP contribution in [0.4, 0.5) is 0 Å². The highest BCUT2D eigenvalue weighted by Gasteiger charge is 2.13. The van der Waals surface area contributed by atoms with Crippen molar-refractivity contribution in [2.75, 3.05) is 41.0 Å². The van der Waals surface area contributed by atoms with Gasteiger partial charge < -0.3 is 29.0 Å². The van der Waals surface area contributed by atoms with Crippen LogP contribution in [0.1, 0.15) is 64.9 Å². The summed E-state index contributed by atoms with van der Waals surface area (Å²) in [6.07, 6.45) is 8.89. The second-order valence-corrected chi connectivity index (χ2v) is 9.41. The average molecular weight is 535 g/mol. The van der Waals surface area contributed by atoms with Gasteiger partial charge in [0.2, 0.25) is 6.41 Å². The molecule has 2 rings (SSSR count). The molecule has 1 N–H and O–H groups in total. The SMILES string of the molecule is Brc1ccc(CCCCCOC2CCCCO2)cc1.COC(C)(C)C.COCOCNC=O. The molecule has 1 saturated heterocycles. The zero-order valence-electron chi connectivity index (χ0n) is 21.1. The highest BCUT2D eigenvalue weighted by Crippen LogP contribution is 2.15. The minimum Gasteiger partial charge on any atom is -0.379 e. The lowest BCUT2D eigenvalue weighted by atomic mass is 10.1. The van der Waals surface area contributed by atoms with Gasteiger partial charge >= 0.3 is 0 Å². The fraction of sp³-hybridized carbons (Fsp3) is 0.720. The van der Waals surface area contributed by atoms with Gasteiger partial charge in [-0.15, -0.1) is 0 Å². The number of unbranched alkanes of at least 4 members (excludes halogenated alkanes) is 2. The van der Waals surface area contributed by atoms with Crippen LogP contribution < -0.4 is 5.32 Å². The molecule has 33 heavy (non-hydrogen) atoms. The van der Waals surface area contributed by atoms with E-state index in [2.05, 4.69) is 55.0 Å². The number of methoxy groups -OCH3 is 2. The summed E-state index contributed by atoms with van der Waals surface area (Å²) in [5, 5.41) is 2.30. The Kier molecular flexibility index (Phi) is 20.8. The number of amides is 1. The Morgan fingerprint density at radius 3 is 2.36 bits per heavy atom.